The van der Waals surface area contributed by atoms with E-state index in [0.717, 1.165) is 5.56 Å². The van der Waals surface area contributed by atoms with E-state index in [0.29, 0.717) is 5.02 Å². The van der Waals surface area contributed by atoms with Crippen LogP contribution in [0, 0.1) is 5.41 Å². The quantitative estimate of drug-likeness (QED) is 0.865. The largest absolute Gasteiger partial charge is 0.396 e. The molecule has 2 aromatic carbocycles. The van der Waals surface area contributed by atoms with Crippen molar-refractivity contribution in [3.63, 3.8) is 0 Å². The van der Waals surface area contributed by atoms with Gasteiger partial charge in [-0.1, -0.05) is 41.9 Å². The Labute approximate surface area is 140 Å². The lowest BCUT2D eigenvalue weighted by Gasteiger charge is -2.12. The molecule has 1 aliphatic carbocycles. The van der Waals surface area contributed by atoms with Gasteiger partial charge in [0, 0.05) is 22.9 Å². The standard InChI is InChI=1S/C17H18ClNO3S/c18-13-6-8-14(9-7-13)23(21,22)16-15(17(16,10-19)11-20)12-4-2-1-3-5-12/h1-9,15-16,20H,10-11,19H2/t15-,16+,17-/m1/s1. The van der Waals surface area contributed by atoms with Crippen molar-refractivity contribution in [2.24, 2.45) is 11.1 Å². The zero-order chi connectivity index (χ0) is 16.7. The molecular weight excluding hydrogens is 334 g/mol. The first kappa shape index (κ1) is 16.5. The van der Waals surface area contributed by atoms with E-state index in [-0.39, 0.29) is 24.0 Å². The third-order valence-corrected chi connectivity index (χ3v) is 7.28. The normalized spacial score (nSPS) is 26.9. The third kappa shape index (κ3) is 2.58. The molecule has 1 fully saturated rings. The van der Waals surface area contributed by atoms with Gasteiger partial charge >= 0.3 is 0 Å². The summed E-state index contributed by atoms with van der Waals surface area (Å²) in [6.07, 6.45) is 0. The summed E-state index contributed by atoms with van der Waals surface area (Å²) in [5.74, 6) is -0.306. The second-order valence-electron chi connectivity index (χ2n) is 5.90. The van der Waals surface area contributed by atoms with Crippen molar-refractivity contribution in [3.05, 3.63) is 65.2 Å². The van der Waals surface area contributed by atoms with Crippen LogP contribution in [0.25, 0.3) is 0 Å². The van der Waals surface area contributed by atoms with Crippen LogP contribution in [0.3, 0.4) is 0 Å². The molecule has 2 aromatic rings. The summed E-state index contributed by atoms with van der Waals surface area (Å²) in [4.78, 5) is 0.205. The molecule has 1 aliphatic rings. The van der Waals surface area contributed by atoms with E-state index in [4.69, 9.17) is 17.3 Å². The first-order chi connectivity index (χ1) is 11.0. The zero-order valence-electron chi connectivity index (χ0n) is 12.4. The van der Waals surface area contributed by atoms with Crippen LogP contribution < -0.4 is 5.73 Å². The van der Waals surface area contributed by atoms with Crippen molar-refractivity contribution in [1.29, 1.82) is 0 Å². The zero-order valence-corrected chi connectivity index (χ0v) is 14.0. The molecule has 4 nitrogen and oxygen atoms in total. The number of hydrogen-bond acceptors (Lipinski definition) is 4. The van der Waals surface area contributed by atoms with Crippen molar-refractivity contribution in [1.82, 2.24) is 0 Å². The number of sulfone groups is 1. The Morgan fingerprint density at radius 1 is 1.09 bits per heavy atom. The summed E-state index contributed by atoms with van der Waals surface area (Å²) < 4.78 is 26.0. The molecule has 122 valence electrons. The van der Waals surface area contributed by atoms with Crippen LogP contribution in [0.5, 0.6) is 0 Å². The van der Waals surface area contributed by atoms with E-state index >= 15 is 0 Å². The van der Waals surface area contributed by atoms with E-state index in [2.05, 4.69) is 0 Å². The van der Waals surface area contributed by atoms with Gasteiger partial charge in [-0.15, -0.1) is 0 Å². The monoisotopic (exact) mass is 351 g/mol. The van der Waals surface area contributed by atoms with E-state index in [9.17, 15) is 13.5 Å². The number of aliphatic hydroxyl groups excluding tert-OH is 1. The number of hydrogen-bond donors (Lipinski definition) is 2. The molecule has 0 unspecified atom stereocenters. The van der Waals surface area contributed by atoms with Crippen LogP contribution in [-0.2, 0) is 9.84 Å². The summed E-state index contributed by atoms with van der Waals surface area (Å²) in [6.45, 7) is -0.152. The predicted octanol–water partition coefficient (Wildman–Crippen LogP) is 2.22. The fourth-order valence-corrected chi connectivity index (χ4v) is 5.95. The molecule has 0 bridgehead atoms. The first-order valence-corrected chi connectivity index (χ1v) is 9.25. The Bertz CT molecular complexity index is 786. The molecule has 0 amide bonds. The Morgan fingerprint density at radius 3 is 2.22 bits per heavy atom. The maximum Gasteiger partial charge on any atom is 0.182 e. The summed E-state index contributed by atoms with van der Waals surface area (Å²) in [5.41, 5.74) is 5.90. The minimum atomic E-state index is -3.61. The molecule has 1 saturated carbocycles. The van der Waals surface area contributed by atoms with Gasteiger partial charge in [0.2, 0.25) is 0 Å². The average Bonchev–Trinajstić information content (AvgIpc) is 3.27. The lowest BCUT2D eigenvalue weighted by Crippen LogP contribution is -2.27. The molecule has 3 atom stereocenters. The summed E-state index contributed by atoms with van der Waals surface area (Å²) >= 11 is 5.84. The number of rotatable bonds is 5. The topological polar surface area (TPSA) is 80.4 Å². The molecule has 0 spiro atoms. The van der Waals surface area contributed by atoms with Gasteiger partial charge in [-0.25, -0.2) is 8.42 Å². The van der Waals surface area contributed by atoms with E-state index in [1.165, 1.54) is 12.1 Å². The van der Waals surface area contributed by atoms with Gasteiger partial charge in [-0.2, -0.15) is 0 Å². The Kier molecular flexibility index (Phi) is 4.23. The Hall–Kier alpha value is -1.40. The van der Waals surface area contributed by atoms with Gasteiger partial charge in [0.05, 0.1) is 16.8 Å². The van der Waals surface area contributed by atoms with Gasteiger partial charge < -0.3 is 10.8 Å². The summed E-state index contributed by atoms with van der Waals surface area (Å²) in [7, 11) is -3.61. The number of benzene rings is 2. The maximum atomic E-state index is 13.0. The number of nitrogens with two attached hydrogens (primary N) is 1. The Morgan fingerprint density at radius 2 is 1.70 bits per heavy atom. The highest BCUT2D eigenvalue weighted by Crippen LogP contribution is 2.63. The van der Waals surface area contributed by atoms with Gasteiger partial charge in [-0.05, 0) is 29.8 Å². The van der Waals surface area contributed by atoms with Crippen molar-refractivity contribution >= 4 is 21.4 Å². The van der Waals surface area contributed by atoms with Crippen molar-refractivity contribution in [3.8, 4) is 0 Å². The van der Waals surface area contributed by atoms with Crippen LogP contribution in [-0.4, -0.2) is 31.9 Å². The number of halogens is 1. The molecule has 3 rings (SSSR count). The fraction of sp³-hybridized carbons (Fsp3) is 0.294. The molecule has 0 aromatic heterocycles. The molecule has 23 heavy (non-hydrogen) atoms. The second kappa shape index (κ2) is 5.91. The highest BCUT2D eigenvalue weighted by molar-refractivity contribution is 7.92. The lowest BCUT2D eigenvalue weighted by molar-refractivity contribution is 0.212. The van der Waals surface area contributed by atoms with Crippen LogP contribution in [0.15, 0.2) is 59.5 Å². The number of aliphatic hydroxyl groups is 1. The minimum Gasteiger partial charge on any atom is -0.396 e. The third-order valence-electron chi connectivity index (χ3n) is 4.69. The Balaban J connectivity index is 2.05. The average molecular weight is 352 g/mol. The van der Waals surface area contributed by atoms with Crippen LogP contribution in [0.2, 0.25) is 5.02 Å². The molecule has 0 heterocycles. The van der Waals surface area contributed by atoms with Gasteiger partial charge in [0.1, 0.15) is 0 Å². The molecule has 6 heteroatoms. The lowest BCUT2D eigenvalue weighted by atomic mass is 10.0. The maximum absolute atomic E-state index is 13.0. The van der Waals surface area contributed by atoms with Crippen molar-refractivity contribution in [2.45, 2.75) is 16.1 Å². The van der Waals surface area contributed by atoms with Crippen molar-refractivity contribution in [2.75, 3.05) is 13.2 Å². The highest BCUT2D eigenvalue weighted by atomic mass is 35.5. The van der Waals surface area contributed by atoms with Crippen LogP contribution in [0.4, 0.5) is 0 Å². The molecule has 3 N–H and O–H groups in total. The SMILES string of the molecule is NC[C@@]1(CO)[C@H](c2ccccc2)[C@@H]1S(=O)(=O)c1ccc(Cl)cc1. The van der Waals surface area contributed by atoms with Crippen LogP contribution in [0.1, 0.15) is 11.5 Å². The highest BCUT2D eigenvalue weighted by Gasteiger charge is 2.70. The van der Waals surface area contributed by atoms with E-state index in [1.54, 1.807) is 12.1 Å². The van der Waals surface area contributed by atoms with Crippen LogP contribution >= 0.6 is 11.6 Å². The minimum absolute atomic E-state index is 0.112. The van der Waals surface area contributed by atoms with Gasteiger partial charge in [-0.3, -0.25) is 0 Å². The first-order valence-electron chi connectivity index (χ1n) is 7.33. The van der Waals surface area contributed by atoms with E-state index < -0.39 is 20.5 Å². The van der Waals surface area contributed by atoms with Gasteiger partial charge in [0.25, 0.3) is 0 Å². The van der Waals surface area contributed by atoms with E-state index in [1.807, 2.05) is 30.3 Å². The predicted molar refractivity (Wildman–Crippen MR) is 90.2 cm³/mol. The van der Waals surface area contributed by atoms with Gasteiger partial charge in [0.15, 0.2) is 9.84 Å². The molecular formula is C17H18ClNO3S. The molecule has 0 aliphatic heterocycles. The summed E-state index contributed by atoms with van der Waals surface area (Å²) in [6, 6.07) is 15.4. The second-order valence-corrected chi connectivity index (χ2v) is 8.41. The molecule has 0 saturated heterocycles. The summed E-state index contributed by atoms with van der Waals surface area (Å²) in [5, 5.41) is 9.60. The smallest absolute Gasteiger partial charge is 0.182 e. The van der Waals surface area contributed by atoms with Crippen molar-refractivity contribution < 1.29 is 13.5 Å². The molecule has 0 radical (unpaired) electrons. The fourth-order valence-electron chi connectivity index (χ4n) is 3.38.